The fraction of sp³-hybridized carbons (Fsp3) is 0.111. The van der Waals surface area contributed by atoms with E-state index < -0.39 is 4.92 Å². The lowest BCUT2D eigenvalue weighted by molar-refractivity contribution is -0.384. The highest BCUT2D eigenvalue weighted by Crippen LogP contribution is 2.27. The number of hydrogen-bond donors (Lipinski definition) is 0. The standard InChI is InChI=1S/C27H23N5O3S/c1-18-12-14-21(15-13-18)30-24(20-8-7-11-23(16-20)32(34)35)17-36-27(30)28-25-19(2)29(3)31(26(25)33)22-9-5-4-6-10-22/h4-17H,1-3H3. The van der Waals surface area contributed by atoms with Gasteiger partial charge in [-0.15, -0.1) is 11.3 Å². The predicted octanol–water partition coefficient (Wildman–Crippen LogP) is 5.45. The van der Waals surface area contributed by atoms with E-state index in [1.807, 2.05) is 91.5 Å². The van der Waals surface area contributed by atoms with Gasteiger partial charge in [-0.05, 0) is 38.1 Å². The van der Waals surface area contributed by atoms with Gasteiger partial charge in [-0.2, -0.15) is 0 Å². The molecule has 0 saturated carbocycles. The van der Waals surface area contributed by atoms with Crippen LogP contribution in [0.4, 0.5) is 11.4 Å². The number of thiazole rings is 1. The number of non-ortho nitro benzene ring substituents is 1. The lowest BCUT2D eigenvalue weighted by Gasteiger charge is -2.10. The number of rotatable bonds is 5. The van der Waals surface area contributed by atoms with E-state index in [0.717, 1.165) is 28.3 Å². The molecule has 180 valence electrons. The lowest BCUT2D eigenvalue weighted by atomic mass is 10.1. The van der Waals surface area contributed by atoms with Crippen molar-refractivity contribution in [2.24, 2.45) is 12.0 Å². The average Bonchev–Trinajstić information content (AvgIpc) is 3.39. The van der Waals surface area contributed by atoms with Crippen LogP contribution in [0.1, 0.15) is 11.3 Å². The Morgan fingerprint density at radius 1 is 0.917 bits per heavy atom. The summed E-state index contributed by atoms with van der Waals surface area (Å²) >= 11 is 1.38. The number of nitro benzene ring substituents is 1. The molecule has 0 radical (unpaired) electrons. The highest BCUT2D eigenvalue weighted by molar-refractivity contribution is 7.07. The first kappa shape index (κ1) is 23.3. The zero-order valence-corrected chi connectivity index (χ0v) is 20.8. The Kier molecular flexibility index (Phi) is 5.99. The van der Waals surface area contributed by atoms with Gasteiger partial charge in [0.2, 0.25) is 0 Å². The summed E-state index contributed by atoms with van der Waals surface area (Å²) in [5.74, 6) is 0. The number of hydrogen-bond acceptors (Lipinski definition) is 5. The summed E-state index contributed by atoms with van der Waals surface area (Å²) in [6.07, 6.45) is 0. The molecule has 36 heavy (non-hydrogen) atoms. The smallest absolute Gasteiger partial charge is 0.285 e. The largest absolute Gasteiger partial charge is 0.297 e. The van der Waals surface area contributed by atoms with Gasteiger partial charge in [0.05, 0.1) is 22.0 Å². The van der Waals surface area contributed by atoms with Crippen LogP contribution in [-0.2, 0) is 7.05 Å². The predicted molar refractivity (Wildman–Crippen MR) is 141 cm³/mol. The molecule has 0 amide bonds. The molecule has 5 rings (SSSR count). The minimum absolute atomic E-state index is 0.0114. The van der Waals surface area contributed by atoms with Crippen LogP contribution in [0.2, 0.25) is 0 Å². The molecule has 0 saturated heterocycles. The maximum atomic E-state index is 13.5. The minimum Gasteiger partial charge on any atom is -0.285 e. The Balaban J connectivity index is 1.76. The summed E-state index contributed by atoms with van der Waals surface area (Å²) in [6.45, 7) is 3.87. The fourth-order valence-electron chi connectivity index (χ4n) is 4.09. The maximum absolute atomic E-state index is 13.5. The van der Waals surface area contributed by atoms with E-state index in [2.05, 4.69) is 0 Å². The van der Waals surface area contributed by atoms with Gasteiger partial charge >= 0.3 is 0 Å². The number of nitrogens with zero attached hydrogens (tertiary/aromatic N) is 5. The Hall–Kier alpha value is -4.50. The van der Waals surface area contributed by atoms with Crippen molar-refractivity contribution in [2.45, 2.75) is 13.8 Å². The van der Waals surface area contributed by atoms with Gasteiger partial charge in [0, 0.05) is 35.8 Å². The molecule has 0 spiro atoms. The number of aromatic nitrogens is 3. The van der Waals surface area contributed by atoms with Crippen molar-refractivity contribution in [2.75, 3.05) is 0 Å². The van der Waals surface area contributed by atoms with Crippen LogP contribution in [0.3, 0.4) is 0 Å². The first-order valence-corrected chi connectivity index (χ1v) is 12.1. The van der Waals surface area contributed by atoms with E-state index in [4.69, 9.17) is 4.99 Å². The lowest BCUT2D eigenvalue weighted by Crippen LogP contribution is -2.20. The van der Waals surface area contributed by atoms with Crippen LogP contribution in [0.15, 0.2) is 94.0 Å². The van der Waals surface area contributed by atoms with E-state index in [1.165, 1.54) is 17.4 Å². The third-order valence-corrected chi connectivity index (χ3v) is 6.91. The fourth-order valence-corrected chi connectivity index (χ4v) is 5.00. The number of benzene rings is 3. The van der Waals surface area contributed by atoms with Crippen molar-refractivity contribution in [3.05, 3.63) is 121 Å². The zero-order valence-electron chi connectivity index (χ0n) is 20.0. The molecule has 0 aliphatic heterocycles. The molecular weight excluding hydrogens is 474 g/mol. The first-order chi connectivity index (χ1) is 17.3. The maximum Gasteiger partial charge on any atom is 0.297 e. The summed E-state index contributed by atoms with van der Waals surface area (Å²) in [7, 11) is 1.83. The molecular formula is C27H23N5O3S. The summed E-state index contributed by atoms with van der Waals surface area (Å²) in [4.78, 5) is 29.9. The van der Waals surface area contributed by atoms with Gasteiger partial charge in [0.25, 0.3) is 11.2 Å². The third kappa shape index (κ3) is 4.09. The molecule has 0 aliphatic rings. The molecule has 9 heteroatoms. The Labute approximate surface area is 210 Å². The van der Waals surface area contributed by atoms with Crippen molar-refractivity contribution in [1.82, 2.24) is 13.9 Å². The summed E-state index contributed by atoms with van der Waals surface area (Å²) in [5, 5.41) is 13.3. The molecule has 0 atom stereocenters. The zero-order chi connectivity index (χ0) is 25.4. The van der Waals surface area contributed by atoms with Gasteiger partial charge < -0.3 is 0 Å². The first-order valence-electron chi connectivity index (χ1n) is 11.3. The SMILES string of the molecule is Cc1ccc(-n2c(-c3cccc([N+](=O)[O-])c3)csc2=Nc2c(C)n(C)n(-c3ccccc3)c2=O)cc1. The Morgan fingerprint density at radius 2 is 1.64 bits per heavy atom. The topological polar surface area (TPSA) is 87.4 Å². The van der Waals surface area contributed by atoms with E-state index in [-0.39, 0.29) is 11.2 Å². The average molecular weight is 498 g/mol. The summed E-state index contributed by atoms with van der Waals surface area (Å²) in [6, 6.07) is 23.9. The third-order valence-electron chi connectivity index (χ3n) is 6.08. The highest BCUT2D eigenvalue weighted by atomic mass is 32.1. The van der Waals surface area contributed by atoms with Crippen LogP contribution in [0, 0.1) is 24.0 Å². The monoisotopic (exact) mass is 497 g/mol. The second kappa shape index (κ2) is 9.27. The molecule has 8 nitrogen and oxygen atoms in total. The van der Waals surface area contributed by atoms with E-state index in [1.54, 1.807) is 21.5 Å². The van der Waals surface area contributed by atoms with Crippen LogP contribution >= 0.6 is 11.3 Å². The van der Waals surface area contributed by atoms with Crippen molar-refractivity contribution in [3.63, 3.8) is 0 Å². The molecule has 0 fully saturated rings. The Morgan fingerprint density at radius 3 is 2.33 bits per heavy atom. The second-order valence-electron chi connectivity index (χ2n) is 8.40. The normalized spacial score (nSPS) is 11.7. The van der Waals surface area contributed by atoms with Gasteiger partial charge in [0.1, 0.15) is 0 Å². The molecule has 2 aromatic heterocycles. The number of para-hydroxylation sites is 1. The Bertz CT molecular complexity index is 1710. The van der Waals surface area contributed by atoms with Gasteiger partial charge in [-0.1, -0.05) is 48.0 Å². The van der Waals surface area contributed by atoms with Crippen LogP contribution in [-0.4, -0.2) is 18.9 Å². The van der Waals surface area contributed by atoms with Gasteiger partial charge in [0.15, 0.2) is 10.5 Å². The van der Waals surface area contributed by atoms with Gasteiger partial charge in [-0.25, -0.2) is 9.67 Å². The molecule has 0 bridgehead atoms. The number of nitro groups is 1. The second-order valence-corrected chi connectivity index (χ2v) is 9.24. The van der Waals surface area contributed by atoms with E-state index in [9.17, 15) is 14.9 Å². The van der Waals surface area contributed by atoms with Crippen LogP contribution in [0.5, 0.6) is 0 Å². The van der Waals surface area contributed by atoms with Crippen molar-refractivity contribution in [3.8, 4) is 22.6 Å². The summed E-state index contributed by atoms with van der Waals surface area (Å²) < 4.78 is 5.32. The summed E-state index contributed by atoms with van der Waals surface area (Å²) in [5.41, 5.74) is 5.01. The van der Waals surface area contributed by atoms with E-state index >= 15 is 0 Å². The minimum atomic E-state index is -0.406. The van der Waals surface area contributed by atoms with Gasteiger partial charge in [-0.3, -0.25) is 24.2 Å². The van der Waals surface area contributed by atoms with Crippen molar-refractivity contribution in [1.29, 1.82) is 0 Å². The highest BCUT2D eigenvalue weighted by Gasteiger charge is 2.18. The van der Waals surface area contributed by atoms with Crippen molar-refractivity contribution < 1.29 is 4.92 Å². The molecule has 3 aromatic carbocycles. The molecule has 5 aromatic rings. The van der Waals surface area contributed by atoms with Crippen LogP contribution in [0.25, 0.3) is 22.6 Å². The molecule has 0 aliphatic carbocycles. The van der Waals surface area contributed by atoms with E-state index in [0.29, 0.717) is 16.1 Å². The van der Waals surface area contributed by atoms with Crippen molar-refractivity contribution >= 4 is 22.7 Å². The quantitative estimate of drug-likeness (QED) is 0.239. The molecule has 0 unspecified atom stereocenters. The number of aryl methyl sites for hydroxylation is 1. The van der Waals surface area contributed by atoms with Crippen LogP contribution < -0.4 is 10.4 Å². The molecule has 2 heterocycles. The molecule has 0 N–H and O–H groups in total.